The van der Waals surface area contributed by atoms with Gasteiger partial charge in [0, 0.05) is 0 Å². The first-order chi connectivity index (χ1) is 7.86. The van der Waals surface area contributed by atoms with Gasteiger partial charge in [0.05, 0.1) is 32.0 Å². The minimum atomic E-state index is -1.54. The molecule has 96 valence electrons. The molecule has 0 aliphatic carbocycles. The van der Waals surface area contributed by atoms with E-state index in [4.69, 9.17) is 10.8 Å². The van der Waals surface area contributed by atoms with Gasteiger partial charge < -0.3 is 20.7 Å². The molecule has 0 saturated heterocycles. The maximum atomic E-state index is 9.74. The van der Waals surface area contributed by atoms with E-state index in [1.54, 1.807) is 0 Å². The summed E-state index contributed by atoms with van der Waals surface area (Å²) < 4.78 is 4.16. The SMILES string of the molecule is CCn1cc[n+](C)c1.N[C@@H](CC(=O)O)C(=O)[O-]. The van der Waals surface area contributed by atoms with Crippen LogP contribution in [0.4, 0.5) is 0 Å². The zero-order valence-corrected chi connectivity index (χ0v) is 9.87. The number of nitrogens with two attached hydrogens (primary N) is 1. The molecule has 0 bridgehead atoms. The molecule has 1 heterocycles. The van der Waals surface area contributed by atoms with Crippen molar-refractivity contribution in [1.82, 2.24) is 4.57 Å². The third-order valence-electron chi connectivity index (χ3n) is 1.89. The summed E-state index contributed by atoms with van der Waals surface area (Å²) in [7, 11) is 2.02. The standard InChI is InChI=1S/C6H11N2.C4H7NO4/c1-3-8-5-4-7(2)6-8;5-2(4(8)9)1-3(6)7/h4-6H,3H2,1-2H3;2H,1,5H2,(H,6,7)(H,8,9)/q+1;/p-1/t;2-/m.0/s1. The molecular formula is C10H17N3O4. The highest BCUT2D eigenvalue weighted by atomic mass is 16.4. The van der Waals surface area contributed by atoms with Crippen molar-refractivity contribution in [2.45, 2.75) is 25.9 Å². The highest BCUT2D eigenvalue weighted by molar-refractivity contribution is 5.78. The van der Waals surface area contributed by atoms with Crippen molar-refractivity contribution in [3.63, 3.8) is 0 Å². The second-order valence-corrected chi connectivity index (χ2v) is 3.43. The molecule has 1 atom stereocenters. The lowest BCUT2D eigenvalue weighted by molar-refractivity contribution is -0.671. The van der Waals surface area contributed by atoms with Crippen LogP contribution in [0, 0.1) is 0 Å². The number of hydrogen-bond acceptors (Lipinski definition) is 4. The topological polar surface area (TPSA) is 112 Å². The average molecular weight is 243 g/mol. The van der Waals surface area contributed by atoms with E-state index in [9.17, 15) is 14.7 Å². The van der Waals surface area contributed by atoms with Gasteiger partial charge in [0.2, 0.25) is 6.33 Å². The molecule has 0 aliphatic heterocycles. The molecule has 0 amide bonds. The smallest absolute Gasteiger partial charge is 0.305 e. The van der Waals surface area contributed by atoms with Gasteiger partial charge in [-0.25, -0.2) is 9.13 Å². The van der Waals surface area contributed by atoms with Gasteiger partial charge in [-0.2, -0.15) is 0 Å². The van der Waals surface area contributed by atoms with Crippen LogP contribution in [0.15, 0.2) is 18.7 Å². The van der Waals surface area contributed by atoms with Gasteiger partial charge in [-0.1, -0.05) is 0 Å². The van der Waals surface area contributed by atoms with E-state index in [1.165, 1.54) is 0 Å². The fraction of sp³-hybridized carbons (Fsp3) is 0.500. The lowest BCUT2D eigenvalue weighted by Gasteiger charge is -2.07. The minimum Gasteiger partial charge on any atom is -0.548 e. The summed E-state index contributed by atoms with van der Waals surface area (Å²) >= 11 is 0. The summed E-state index contributed by atoms with van der Waals surface area (Å²) in [6.45, 7) is 3.18. The van der Waals surface area contributed by atoms with Crippen molar-refractivity contribution in [2.75, 3.05) is 0 Å². The van der Waals surface area contributed by atoms with Gasteiger partial charge >= 0.3 is 5.97 Å². The van der Waals surface area contributed by atoms with Crippen LogP contribution in [0.1, 0.15) is 13.3 Å². The first-order valence-electron chi connectivity index (χ1n) is 5.06. The third-order valence-corrected chi connectivity index (χ3v) is 1.89. The minimum absolute atomic E-state index is 0.595. The van der Waals surface area contributed by atoms with Gasteiger partial charge in [0.25, 0.3) is 0 Å². The Morgan fingerprint density at radius 2 is 2.18 bits per heavy atom. The molecule has 7 nitrogen and oxygen atoms in total. The normalized spacial score (nSPS) is 11.2. The molecule has 1 rings (SSSR count). The number of imidazole rings is 1. The molecule has 1 aromatic rings. The van der Waals surface area contributed by atoms with E-state index < -0.39 is 24.4 Å². The van der Waals surface area contributed by atoms with Gasteiger partial charge in [-0.15, -0.1) is 0 Å². The van der Waals surface area contributed by atoms with Gasteiger partial charge in [-0.05, 0) is 6.92 Å². The Balaban J connectivity index is 0.000000302. The monoisotopic (exact) mass is 243 g/mol. The molecule has 0 unspecified atom stereocenters. The number of rotatable bonds is 4. The molecule has 0 radical (unpaired) electrons. The third kappa shape index (κ3) is 7.07. The van der Waals surface area contributed by atoms with E-state index in [1.807, 2.05) is 17.8 Å². The Kier molecular flexibility index (Phi) is 6.57. The molecule has 0 saturated carbocycles. The number of aromatic nitrogens is 2. The number of carbonyl (C=O) groups is 2. The fourth-order valence-corrected chi connectivity index (χ4v) is 0.960. The molecule has 0 spiro atoms. The first kappa shape index (κ1) is 15.1. The molecule has 17 heavy (non-hydrogen) atoms. The highest BCUT2D eigenvalue weighted by Crippen LogP contribution is 1.84. The quantitative estimate of drug-likeness (QED) is 0.587. The zero-order chi connectivity index (χ0) is 13.4. The number of aryl methyl sites for hydroxylation is 2. The van der Waals surface area contributed by atoms with Crippen LogP contribution < -0.4 is 15.4 Å². The lowest BCUT2D eigenvalue weighted by Crippen LogP contribution is -2.43. The van der Waals surface area contributed by atoms with Crippen molar-refractivity contribution < 1.29 is 24.4 Å². The van der Waals surface area contributed by atoms with Crippen LogP contribution in [0.5, 0.6) is 0 Å². The van der Waals surface area contributed by atoms with E-state index in [2.05, 4.69) is 24.0 Å². The number of hydrogen-bond donors (Lipinski definition) is 2. The number of aliphatic carboxylic acids is 2. The zero-order valence-electron chi connectivity index (χ0n) is 9.87. The Morgan fingerprint density at radius 1 is 1.59 bits per heavy atom. The first-order valence-corrected chi connectivity index (χ1v) is 5.06. The van der Waals surface area contributed by atoms with Crippen LogP contribution in [0.25, 0.3) is 0 Å². The molecule has 3 N–H and O–H groups in total. The van der Waals surface area contributed by atoms with Gasteiger partial charge in [0.15, 0.2) is 0 Å². The van der Waals surface area contributed by atoms with E-state index in [0.717, 1.165) is 6.54 Å². The van der Waals surface area contributed by atoms with Crippen molar-refractivity contribution in [2.24, 2.45) is 12.8 Å². The number of carboxylic acid groups (broad SMARTS) is 2. The Bertz CT molecular complexity index is 375. The van der Waals surface area contributed by atoms with Crippen LogP contribution in [-0.2, 0) is 23.2 Å². The largest absolute Gasteiger partial charge is 0.548 e. The summed E-state index contributed by atoms with van der Waals surface area (Å²) in [6.07, 6.45) is 5.55. The summed E-state index contributed by atoms with van der Waals surface area (Å²) in [4.78, 5) is 19.5. The lowest BCUT2D eigenvalue weighted by atomic mass is 10.2. The molecular weight excluding hydrogens is 226 g/mol. The van der Waals surface area contributed by atoms with Crippen LogP contribution in [0.3, 0.4) is 0 Å². The average Bonchev–Trinajstić information content (AvgIpc) is 2.64. The second-order valence-electron chi connectivity index (χ2n) is 3.43. The summed E-state index contributed by atoms with van der Waals surface area (Å²) in [5.74, 6) is -2.79. The molecule has 7 heteroatoms. The van der Waals surface area contributed by atoms with Gasteiger partial charge in [0.1, 0.15) is 12.4 Å². The summed E-state index contributed by atoms with van der Waals surface area (Å²) in [5.41, 5.74) is 4.77. The Labute approximate surface area is 99.1 Å². The van der Waals surface area contributed by atoms with Crippen molar-refractivity contribution in [3.05, 3.63) is 18.7 Å². The molecule has 1 aromatic heterocycles. The van der Waals surface area contributed by atoms with Crippen molar-refractivity contribution >= 4 is 11.9 Å². The molecule has 0 aromatic carbocycles. The number of nitrogens with zero attached hydrogens (tertiary/aromatic N) is 2. The van der Waals surface area contributed by atoms with Crippen LogP contribution in [-0.4, -0.2) is 27.7 Å². The summed E-state index contributed by atoms with van der Waals surface area (Å²) in [5, 5.41) is 17.7. The maximum Gasteiger partial charge on any atom is 0.305 e. The molecule has 0 aliphatic rings. The fourth-order valence-electron chi connectivity index (χ4n) is 0.960. The van der Waals surface area contributed by atoms with Crippen LogP contribution in [0.2, 0.25) is 0 Å². The summed E-state index contributed by atoms with van der Waals surface area (Å²) in [6, 6.07) is -1.40. The Hall–Kier alpha value is -1.89. The van der Waals surface area contributed by atoms with Crippen molar-refractivity contribution in [3.8, 4) is 0 Å². The number of carboxylic acids is 2. The predicted molar refractivity (Wildman–Crippen MR) is 56.5 cm³/mol. The second kappa shape index (κ2) is 7.39. The van der Waals surface area contributed by atoms with E-state index in [-0.39, 0.29) is 0 Å². The van der Waals surface area contributed by atoms with E-state index in [0.29, 0.717) is 0 Å². The Morgan fingerprint density at radius 3 is 2.35 bits per heavy atom. The maximum absolute atomic E-state index is 9.74. The van der Waals surface area contributed by atoms with E-state index >= 15 is 0 Å². The molecule has 0 fully saturated rings. The number of carbonyl (C=O) groups excluding carboxylic acids is 1. The van der Waals surface area contributed by atoms with Gasteiger partial charge in [-0.3, -0.25) is 4.79 Å². The predicted octanol–water partition coefficient (Wildman–Crippen LogP) is -2.13. The highest BCUT2D eigenvalue weighted by Gasteiger charge is 2.07. The van der Waals surface area contributed by atoms with Crippen molar-refractivity contribution in [1.29, 1.82) is 0 Å². The van der Waals surface area contributed by atoms with Crippen LogP contribution >= 0.6 is 0 Å².